The van der Waals surface area contributed by atoms with Gasteiger partial charge in [-0.3, -0.25) is 10.5 Å². The van der Waals surface area contributed by atoms with Crippen molar-refractivity contribution in [3.8, 4) is 0 Å². The molecular weight excluding hydrogens is 250 g/mol. The van der Waals surface area contributed by atoms with Crippen LogP contribution in [0.4, 0.5) is 8.78 Å². The molecular formula is C13H16F2N4. The summed E-state index contributed by atoms with van der Waals surface area (Å²) in [5, 5.41) is 4.24. The number of nitrogens with one attached hydrogen (secondary N) is 1. The molecule has 0 aliphatic rings. The van der Waals surface area contributed by atoms with E-state index in [-0.39, 0.29) is 5.56 Å². The maximum absolute atomic E-state index is 13.9. The van der Waals surface area contributed by atoms with Gasteiger partial charge in [0.05, 0.1) is 11.7 Å². The van der Waals surface area contributed by atoms with Gasteiger partial charge in [0.25, 0.3) is 0 Å². The number of aromatic nitrogens is 2. The second kappa shape index (κ2) is 5.07. The van der Waals surface area contributed by atoms with Gasteiger partial charge in [0.2, 0.25) is 0 Å². The second-order valence-corrected chi connectivity index (χ2v) is 4.44. The number of nitrogens with zero attached hydrogens (tertiary/aromatic N) is 2. The second-order valence-electron chi connectivity index (χ2n) is 4.44. The molecule has 0 saturated carbocycles. The molecule has 3 N–H and O–H groups in total. The Bertz CT molecular complexity index is 587. The summed E-state index contributed by atoms with van der Waals surface area (Å²) in [4.78, 5) is 0. The molecule has 102 valence electrons. The number of nitrogens with two attached hydrogens (primary N) is 1. The Morgan fingerprint density at radius 2 is 1.79 bits per heavy atom. The molecule has 4 nitrogen and oxygen atoms in total. The van der Waals surface area contributed by atoms with Crippen molar-refractivity contribution in [3.05, 3.63) is 52.3 Å². The van der Waals surface area contributed by atoms with Crippen LogP contribution in [0, 0.1) is 25.5 Å². The quantitative estimate of drug-likeness (QED) is 0.658. The van der Waals surface area contributed by atoms with Crippen LogP contribution < -0.4 is 11.3 Å². The van der Waals surface area contributed by atoms with Crippen molar-refractivity contribution in [3.63, 3.8) is 0 Å². The number of halogens is 2. The summed E-state index contributed by atoms with van der Waals surface area (Å²) in [7, 11) is 1.77. The number of hydrazine groups is 1. The highest BCUT2D eigenvalue weighted by atomic mass is 19.1. The highest BCUT2D eigenvalue weighted by Gasteiger charge is 2.26. The lowest BCUT2D eigenvalue weighted by Crippen LogP contribution is -2.31. The molecule has 0 aliphatic heterocycles. The average Bonchev–Trinajstić information content (AvgIpc) is 2.59. The smallest absolute Gasteiger partial charge is 0.131 e. The number of aryl methyl sites for hydroxylation is 2. The Kier molecular flexibility index (Phi) is 3.64. The van der Waals surface area contributed by atoms with Crippen molar-refractivity contribution in [1.29, 1.82) is 0 Å². The van der Waals surface area contributed by atoms with Gasteiger partial charge >= 0.3 is 0 Å². The monoisotopic (exact) mass is 266 g/mol. The largest absolute Gasteiger partial charge is 0.272 e. The Balaban J connectivity index is 2.63. The summed E-state index contributed by atoms with van der Waals surface area (Å²) < 4.78 is 29.4. The van der Waals surface area contributed by atoms with Gasteiger partial charge in [0, 0.05) is 23.9 Å². The van der Waals surface area contributed by atoms with Crippen molar-refractivity contribution < 1.29 is 8.78 Å². The molecule has 0 amide bonds. The molecule has 1 aromatic carbocycles. The minimum absolute atomic E-state index is 0.0933. The third kappa shape index (κ3) is 2.24. The van der Waals surface area contributed by atoms with E-state index < -0.39 is 17.7 Å². The predicted octanol–water partition coefficient (Wildman–Crippen LogP) is 1.87. The van der Waals surface area contributed by atoms with Crippen LogP contribution in [0.1, 0.15) is 28.6 Å². The third-order valence-electron chi connectivity index (χ3n) is 3.31. The van der Waals surface area contributed by atoms with Crippen molar-refractivity contribution in [2.75, 3.05) is 0 Å². The van der Waals surface area contributed by atoms with Gasteiger partial charge in [0.1, 0.15) is 11.6 Å². The first-order chi connectivity index (χ1) is 8.97. The van der Waals surface area contributed by atoms with Crippen LogP contribution in [0.3, 0.4) is 0 Å². The topological polar surface area (TPSA) is 55.9 Å². The SMILES string of the molecule is Cc1nn(C)c(C)c1C(NN)c1c(F)cccc1F. The van der Waals surface area contributed by atoms with Gasteiger partial charge in [-0.1, -0.05) is 6.07 Å². The van der Waals surface area contributed by atoms with E-state index in [1.807, 2.05) is 6.92 Å². The van der Waals surface area contributed by atoms with E-state index in [0.29, 0.717) is 11.3 Å². The summed E-state index contributed by atoms with van der Waals surface area (Å²) in [5.74, 6) is 4.23. The van der Waals surface area contributed by atoms with Gasteiger partial charge in [-0.25, -0.2) is 14.2 Å². The van der Waals surface area contributed by atoms with E-state index in [4.69, 9.17) is 5.84 Å². The van der Waals surface area contributed by atoms with Crippen LogP contribution in [-0.4, -0.2) is 9.78 Å². The summed E-state index contributed by atoms with van der Waals surface area (Å²) in [5.41, 5.74) is 4.57. The van der Waals surface area contributed by atoms with Crippen molar-refractivity contribution in [2.24, 2.45) is 12.9 Å². The maximum atomic E-state index is 13.9. The van der Waals surface area contributed by atoms with Crippen LogP contribution >= 0.6 is 0 Å². The summed E-state index contributed by atoms with van der Waals surface area (Å²) in [6, 6.07) is 2.98. The first-order valence-electron chi connectivity index (χ1n) is 5.87. The molecule has 2 aromatic rings. The Morgan fingerprint density at radius 3 is 2.21 bits per heavy atom. The highest BCUT2D eigenvalue weighted by Crippen LogP contribution is 2.30. The average molecular weight is 266 g/mol. The maximum Gasteiger partial charge on any atom is 0.131 e. The number of benzene rings is 1. The van der Waals surface area contributed by atoms with E-state index in [1.165, 1.54) is 18.2 Å². The normalized spacial score (nSPS) is 12.7. The molecule has 0 spiro atoms. The lowest BCUT2D eigenvalue weighted by atomic mass is 9.96. The summed E-state index contributed by atoms with van der Waals surface area (Å²) in [6.07, 6.45) is 0. The standard InChI is InChI=1S/C13H16F2N4/c1-7-11(8(2)19(3)18-7)13(17-16)12-9(14)5-4-6-10(12)15/h4-6,13,17H,16H2,1-3H3. The van der Waals surface area contributed by atoms with Gasteiger partial charge in [-0.2, -0.15) is 5.10 Å². The molecule has 19 heavy (non-hydrogen) atoms. The molecule has 6 heteroatoms. The predicted molar refractivity (Wildman–Crippen MR) is 68.2 cm³/mol. The summed E-state index contributed by atoms with van der Waals surface area (Å²) >= 11 is 0. The first-order valence-corrected chi connectivity index (χ1v) is 5.87. The van der Waals surface area contributed by atoms with Gasteiger partial charge < -0.3 is 0 Å². The molecule has 0 aliphatic carbocycles. The molecule has 2 rings (SSSR count). The molecule has 0 saturated heterocycles. The Morgan fingerprint density at radius 1 is 1.21 bits per heavy atom. The summed E-state index contributed by atoms with van der Waals surface area (Å²) in [6.45, 7) is 3.61. The van der Waals surface area contributed by atoms with Crippen LogP contribution in [-0.2, 0) is 7.05 Å². The molecule has 0 bridgehead atoms. The number of hydrogen-bond donors (Lipinski definition) is 2. The van der Waals surface area contributed by atoms with E-state index in [2.05, 4.69) is 10.5 Å². The minimum Gasteiger partial charge on any atom is -0.272 e. The molecule has 1 unspecified atom stereocenters. The van der Waals surface area contributed by atoms with E-state index >= 15 is 0 Å². The fourth-order valence-electron chi connectivity index (χ4n) is 2.31. The molecule has 1 atom stereocenters. The lowest BCUT2D eigenvalue weighted by molar-refractivity contribution is 0.508. The van der Waals surface area contributed by atoms with Crippen LogP contribution in [0.2, 0.25) is 0 Å². The van der Waals surface area contributed by atoms with Gasteiger partial charge in [0.15, 0.2) is 0 Å². The highest BCUT2D eigenvalue weighted by molar-refractivity contribution is 5.38. The van der Waals surface area contributed by atoms with Crippen molar-refractivity contribution in [2.45, 2.75) is 19.9 Å². The Hall–Kier alpha value is -1.79. The lowest BCUT2D eigenvalue weighted by Gasteiger charge is -2.18. The van der Waals surface area contributed by atoms with E-state index in [0.717, 1.165) is 5.69 Å². The minimum atomic E-state index is -0.769. The van der Waals surface area contributed by atoms with E-state index in [9.17, 15) is 8.78 Å². The zero-order chi connectivity index (χ0) is 14.2. The fourth-order valence-corrected chi connectivity index (χ4v) is 2.31. The third-order valence-corrected chi connectivity index (χ3v) is 3.31. The van der Waals surface area contributed by atoms with Crippen molar-refractivity contribution in [1.82, 2.24) is 15.2 Å². The zero-order valence-corrected chi connectivity index (χ0v) is 11.0. The zero-order valence-electron chi connectivity index (χ0n) is 11.0. The molecule has 0 fully saturated rings. The molecule has 1 heterocycles. The van der Waals surface area contributed by atoms with E-state index in [1.54, 1.807) is 18.7 Å². The first kappa shape index (κ1) is 13.6. The molecule has 1 aromatic heterocycles. The van der Waals surface area contributed by atoms with Gasteiger partial charge in [-0.15, -0.1) is 0 Å². The molecule has 0 radical (unpaired) electrons. The van der Waals surface area contributed by atoms with Gasteiger partial charge in [-0.05, 0) is 26.0 Å². The van der Waals surface area contributed by atoms with Crippen molar-refractivity contribution >= 4 is 0 Å². The van der Waals surface area contributed by atoms with Crippen LogP contribution in [0.25, 0.3) is 0 Å². The van der Waals surface area contributed by atoms with Crippen LogP contribution in [0.15, 0.2) is 18.2 Å². The fraction of sp³-hybridized carbons (Fsp3) is 0.308. The van der Waals surface area contributed by atoms with Crippen LogP contribution in [0.5, 0.6) is 0 Å². The Labute approximate surface area is 110 Å². The number of hydrogen-bond acceptors (Lipinski definition) is 3. The number of rotatable bonds is 3.